The van der Waals surface area contributed by atoms with E-state index < -0.39 is 0 Å². The molecule has 0 bridgehead atoms. The summed E-state index contributed by atoms with van der Waals surface area (Å²) in [5, 5.41) is 0. The molecule has 1 unspecified atom stereocenters. The topological polar surface area (TPSA) is 0 Å². The lowest BCUT2D eigenvalue weighted by molar-refractivity contribution is 0.206. The van der Waals surface area contributed by atoms with Gasteiger partial charge in [-0.05, 0) is 63.2 Å². The van der Waals surface area contributed by atoms with E-state index in [1.807, 2.05) is 0 Å². The fourth-order valence-corrected chi connectivity index (χ4v) is 3.38. The Bertz CT molecular complexity index is 256. The Balaban J connectivity index is 2.36. The van der Waals surface area contributed by atoms with Crippen LogP contribution in [0.1, 0.15) is 92.4 Å². The van der Waals surface area contributed by atoms with Crippen LogP contribution in [-0.4, -0.2) is 0 Å². The van der Waals surface area contributed by atoms with Crippen LogP contribution in [0.4, 0.5) is 0 Å². The molecule has 0 saturated heterocycles. The molecule has 106 valence electrons. The van der Waals surface area contributed by atoms with Crippen LogP contribution in [0.15, 0.2) is 11.1 Å². The molecule has 0 aromatic rings. The minimum atomic E-state index is 0.490. The summed E-state index contributed by atoms with van der Waals surface area (Å²) in [6.45, 7) is 11.9. The molecule has 1 fully saturated rings. The van der Waals surface area contributed by atoms with E-state index in [-0.39, 0.29) is 0 Å². The fourth-order valence-electron chi connectivity index (χ4n) is 3.38. The van der Waals surface area contributed by atoms with E-state index in [1.165, 1.54) is 57.8 Å². The Morgan fingerprint density at radius 1 is 1.11 bits per heavy atom. The van der Waals surface area contributed by atoms with Gasteiger partial charge < -0.3 is 0 Å². The zero-order valence-electron chi connectivity index (χ0n) is 13.4. The van der Waals surface area contributed by atoms with Crippen molar-refractivity contribution < 1.29 is 0 Å². The molecule has 0 amide bonds. The Labute approximate surface area is 115 Å². The molecule has 0 aliphatic heterocycles. The summed E-state index contributed by atoms with van der Waals surface area (Å²) in [4.78, 5) is 0. The molecule has 0 nitrogen and oxygen atoms in total. The van der Waals surface area contributed by atoms with Gasteiger partial charge in [-0.15, -0.1) is 0 Å². The van der Waals surface area contributed by atoms with Crippen molar-refractivity contribution in [3.8, 4) is 0 Å². The summed E-state index contributed by atoms with van der Waals surface area (Å²) in [5.41, 5.74) is 4.00. The van der Waals surface area contributed by atoms with Crippen LogP contribution in [-0.2, 0) is 0 Å². The normalized spacial score (nSPS) is 18.2. The first-order valence-electron chi connectivity index (χ1n) is 8.12. The third kappa shape index (κ3) is 5.16. The second kappa shape index (κ2) is 7.36. The van der Waals surface area contributed by atoms with E-state index in [0.29, 0.717) is 5.41 Å². The number of hydrogen-bond donors (Lipinski definition) is 0. The van der Waals surface area contributed by atoms with Crippen molar-refractivity contribution in [1.29, 1.82) is 0 Å². The smallest absolute Gasteiger partial charge is 0.0318 e. The molecule has 0 heteroatoms. The van der Waals surface area contributed by atoms with Crippen LogP contribution < -0.4 is 0 Å². The first-order valence-corrected chi connectivity index (χ1v) is 8.12. The number of rotatable bonds is 6. The minimum absolute atomic E-state index is 0.490. The van der Waals surface area contributed by atoms with Crippen molar-refractivity contribution >= 4 is 0 Å². The maximum Gasteiger partial charge on any atom is -0.0318 e. The van der Waals surface area contributed by atoms with Gasteiger partial charge in [-0.25, -0.2) is 0 Å². The van der Waals surface area contributed by atoms with Gasteiger partial charge in [0.15, 0.2) is 0 Å². The highest BCUT2D eigenvalue weighted by atomic mass is 14.3. The van der Waals surface area contributed by atoms with Gasteiger partial charge in [-0.3, -0.25) is 0 Å². The van der Waals surface area contributed by atoms with Crippen LogP contribution in [0.3, 0.4) is 0 Å². The zero-order chi connectivity index (χ0) is 13.6. The molecule has 1 atom stereocenters. The molecular weight excluding hydrogens is 216 g/mol. The first kappa shape index (κ1) is 15.8. The van der Waals surface area contributed by atoms with Crippen molar-refractivity contribution in [2.24, 2.45) is 11.3 Å². The Morgan fingerprint density at radius 3 is 2.22 bits per heavy atom. The van der Waals surface area contributed by atoms with Crippen molar-refractivity contribution in [3.63, 3.8) is 0 Å². The third-order valence-corrected chi connectivity index (χ3v) is 4.78. The van der Waals surface area contributed by atoms with Crippen molar-refractivity contribution in [2.75, 3.05) is 0 Å². The minimum Gasteiger partial charge on any atom is -0.0741 e. The van der Waals surface area contributed by atoms with Gasteiger partial charge in [-0.2, -0.15) is 0 Å². The van der Waals surface area contributed by atoms with E-state index in [0.717, 1.165) is 5.92 Å². The standard InChI is InChI=1S/C18H34/c1-6-10-17(18(3,4)5)14-9-11-15(2)16-12-7-8-13-16/h17H,6-14H2,1-5H3. The largest absolute Gasteiger partial charge is 0.0741 e. The van der Waals surface area contributed by atoms with E-state index >= 15 is 0 Å². The van der Waals surface area contributed by atoms with Gasteiger partial charge in [0.05, 0.1) is 0 Å². The predicted octanol–water partition coefficient (Wildman–Crippen LogP) is 6.51. The molecule has 1 aliphatic carbocycles. The van der Waals surface area contributed by atoms with E-state index in [9.17, 15) is 0 Å². The molecular formula is C18H34. The summed E-state index contributed by atoms with van der Waals surface area (Å²) >= 11 is 0. The van der Waals surface area contributed by atoms with Gasteiger partial charge in [-0.1, -0.05) is 51.7 Å². The average Bonchev–Trinajstić information content (AvgIpc) is 2.79. The van der Waals surface area contributed by atoms with Crippen LogP contribution in [0, 0.1) is 11.3 Å². The van der Waals surface area contributed by atoms with Crippen LogP contribution in [0.25, 0.3) is 0 Å². The molecule has 0 aromatic heterocycles. The Hall–Kier alpha value is -0.260. The van der Waals surface area contributed by atoms with E-state index in [4.69, 9.17) is 0 Å². The lowest BCUT2D eigenvalue weighted by Crippen LogP contribution is -2.20. The second-order valence-corrected chi connectivity index (χ2v) is 7.33. The molecule has 0 spiro atoms. The number of allylic oxidation sites excluding steroid dienone is 2. The van der Waals surface area contributed by atoms with E-state index in [1.54, 1.807) is 11.1 Å². The molecule has 1 aliphatic rings. The maximum atomic E-state index is 2.41. The van der Waals surface area contributed by atoms with Gasteiger partial charge in [0.1, 0.15) is 0 Å². The lowest BCUT2D eigenvalue weighted by Gasteiger charge is -2.30. The molecule has 1 saturated carbocycles. The quantitative estimate of drug-likeness (QED) is 0.471. The third-order valence-electron chi connectivity index (χ3n) is 4.78. The Kier molecular flexibility index (Phi) is 6.46. The van der Waals surface area contributed by atoms with Crippen LogP contribution >= 0.6 is 0 Å². The highest BCUT2D eigenvalue weighted by molar-refractivity contribution is 5.14. The summed E-state index contributed by atoms with van der Waals surface area (Å²) in [7, 11) is 0. The molecule has 18 heavy (non-hydrogen) atoms. The van der Waals surface area contributed by atoms with Crippen LogP contribution in [0.5, 0.6) is 0 Å². The Morgan fingerprint density at radius 2 is 1.72 bits per heavy atom. The van der Waals surface area contributed by atoms with Crippen molar-refractivity contribution in [1.82, 2.24) is 0 Å². The SMILES string of the molecule is CCCC(CCCC(C)=C1CCCC1)C(C)(C)C. The monoisotopic (exact) mass is 250 g/mol. The van der Waals surface area contributed by atoms with Gasteiger partial charge in [0.25, 0.3) is 0 Å². The molecule has 0 N–H and O–H groups in total. The highest BCUT2D eigenvalue weighted by Gasteiger charge is 2.23. The second-order valence-electron chi connectivity index (χ2n) is 7.33. The van der Waals surface area contributed by atoms with E-state index in [2.05, 4.69) is 34.6 Å². The fraction of sp³-hybridized carbons (Fsp3) is 0.889. The first-order chi connectivity index (χ1) is 8.45. The van der Waals surface area contributed by atoms with Crippen molar-refractivity contribution in [2.45, 2.75) is 92.4 Å². The molecule has 0 radical (unpaired) electrons. The maximum absolute atomic E-state index is 2.41. The summed E-state index contributed by atoms with van der Waals surface area (Å²) in [5.74, 6) is 0.906. The summed E-state index contributed by atoms with van der Waals surface area (Å²) in [6, 6.07) is 0. The molecule has 1 rings (SSSR count). The molecule has 0 heterocycles. The number of hydrogen-bond acceptors (Lipinski definition) is 0. The van der Waals surface area contributed by atoms with Gasteiger partial charge in [0, 0.05) is 0 Å². The van der Waals surface area contributed by atoms with Crippen LogP contribution in [0.2, 0.25) is 0 Å². The zero-order valence-corrected chi connectivity index (χ0v) is 13.4. The summed E-state index contributed by atoms with van der Waals surface area (Å²) in [6.07, 6.45) is 12.6. The van der Waals surface area contributed by atoms with Crippen molar-refractivity contribution in [3.05, 3.63) is 11.1 Å². The highest BCUT2D eigenvalue weighted by Crippen LogP contribution is 2.35. The van der Waals surface area contributed by atoms with Gasteiger partial charge >= 0.3 is 0 Å². The molecule has 0 aromatic carbocycles. The predicted molar refractivity (Wildman–Crippen MR) is 82.9 cm³/mol. The average molecular weight is 250 g/mol. The van der Waals surface area contributed by atoms with Gasteiger partial charge in [0.2, 0.25) is 0 Å². The lowest BCUT2D eigenvalue weighted by atomic mass is 9.75. The summed E-state index contributed by atoms with van der Waals surface area (Å²) < 4.78 is 0.